The van der Waals surface area contributed by atoms with E-state index < -0.39 is 6.04 Å². The van der Waals surface area contributed by atoms with Crippen LogP contribution < -0.4 is 10.9 Å². The van der Waals surface area contributed by atoms with E-state index in [2.05, 4.69) is 15.5 Å². The lowest BCUT2D eigenvalue weighted by Gasteiger charge is -2.18. The van der Waals surface area contributed by atoms with Crippen LogP contribution in [-0.2, 0) is 17.8 Å². The van der Waals surface area contributed by atoms with Crippen molar-refractivity contribution in [3.8, 4) is 0 Å². The molecule has 7 heteroatoms. The highest BCUT2D eigenvalue weighted by molar-refractivity contribution is 5.92. The molecule has 1 aliphatic heterocycles. The lowest BCUT2D eigenvalue weighted by Crippen LogP contribution is -2.32. The van der Waals surface area contributed by atoms with E-state index in [-0.39, 0.29) is 11.5 Å². The predicted octanol–water partition coefficient (Wildman–Crippen LogP) is 2.13. The Morgan fingerprint density at radius 2 is 2.04 bits per heavy atom. The second-order valence-electron chi connectivity index (χ2n) is 6.33. The standard InChI is InChI=1S/C18H19N5O2/c1-12(22-11-9-13-6-2-3-7-14(13)17(22)25)16(24)19-18-21-20-15-8-4-5-10-23(15)18/h2-3,6-7,9,11-12H,4-5,8,10H2,1H3,(H,19,21,24). The van der Waals surface area contributed by atoms with Crippen LogP contribution in [0.2, 0.25) is 0 Å². The van der Waals surface area contributed by atoms with Gasteiger partial charge >= 0.3 is 0 Å². The molecule has 1 atom stereocenters. The Morgan fingerprint density at radius 1 is 1.20 bits per heavy atom. The van der Waals surface area contributed by atoms with Gasteiger partial charge < -0.3 is 4.57 Å². The fourth-order valence-corrected chi connectivity index (χ4v) is 3.25. The number of aryl methyl sites for hydroxylation is 1. The normalized spacial score (nSPS) is 14.9. The van der Waals surface area contributed by atoms with Gasteiger partial charge in [-0.05, 0) is 37.3 Å². The Labute approximate surface area is 144 Å². The van der Waals surface area contributed by atoms with Crippen LogP contribution in [-0.4, -0.2) is 25.2 Å². The molecule has 4 rings (SSSR count). The number of carbonyl (C=O) groups excluding carboxylic acids is 1. The summed E-state index contributed by atoms with van der Waals surface area (Å²) in [5.74, 6) is 1.08. The summed E-state index contributed by atoms with van der Waals surface area (Å²) in [6, 6.07) is 8.56. The number of benzene rings is 1. The van der Waals surface area contributed by atoms with Gasteiger partial charge in [-0.25, -0.2) is 0 Å². The number of nitrogens with zero attached hydrogens (tertiary/aromatic N) is 4. The number of hydrogen-bond acceptors (Lipinski definition) is 4. The third kappa shape index (κ3) is 2.71. The molecule has 0 saturated heterocycles. The molecule has 128 valence electrons. The van der Waals surface area contributed by atoms with Gasteiger partial charge in [-0.1, -0.05) is 18.2 Å². The number of fused-ring (bicyclic) bond motifs is 2. The van der Waals surface area contributed by atoms with Gasteiger partial charge in [-0.15, -0.1) is 10.2 Å². The summed E-state index contributed by atoms with van der Waals surface area (Å²) in [6.07, 6.45) is 4.68. The quantitative estimate of drug-likeness (QED) is 0.794. The fraction of sp³-hybridized carbons (Fsp3) is 0.333. The number of carbonyl (C=O) groups is 1. The van der Waals surface area contributed by atoms with Crippen LogP contribution in [0.25, 0.3) is 10.8 Å². The maximum Gasteiger partial charge on any atom is 0.259 e. The van der Waals surface area contributed by atoms with Crippen LogP contribution in [0.15, 0.2) is 41.3 Å². The SMILES string of the molecule is CC(C(=O)Nc1nnc2n1CCCC2)n1ccc2ccccc2c1=O. The van der Waals surface area contributed by atoms with E-state index in [1.165, 1.54) is 4.57 Å². The highest BCUT2D eigenvalue weighted by Crippen LogP contribution is 2.18. The molecule has 0 bridgehead atoms. The molecule has 0 fully saturated rings. The van der Waals surface area contributed by atoms with Crippen LogP contribution in [0.1, 0.15) is 31.6 Å². The predicted molar refractivity (Wildman–Crippen MR) is 94.5 cm³/mol. The molecule has 0 spiro atoms. The zero-order chi connectivity index (χ0) is 17.4. The molecule has 0 radical (unpaired) electrons. The smallest absolute Gasteiger partial charge is 0.259 e. The molecular formula is C18H19N5O2. The molecule has 0 aliphatic carbocycles. The van der Waals surface area contributed by atoms with E-state index in [1.54, 1.807) is 19.2 Å². The third-order valence-corrected chi connectivity index (χ3v) is 4.73. The van der Waals surface area contributed by atoms with E-state index in [0.29, 0.717) is 11.3 Å². The Kier molecular flexibility index (Phi) is 3.83. The molecule has 3 heterocycles. The van der Waals surface area contributed by atoms with Crippen molar-refractivity contribution in [2.45, 2.75) is 38.8 Å². The molecule has 1 unspecified atom stereocenters. The van der Waals surface area contributed by atoms with Gasteiger partial charge in [0.25, 0.3) is 5.56 Å². The summed E-state index contributed by atoms with van der Waals surface area (Å²) in [5, 5.41) is 12.5. The van der Waals surface area contributed by atoms with Gasteiger partial charge in [0.1, 0.15) is 11.9 Å². The summed E-state index contributed by atoms with van der Waals surface area (Å²) in [6.45, 7) is 2.52. The van der Waals surface area contributed by atoms with Crippen molar-refractivity contribution >= 4 is 22.6 Å². The Bertz CT molecular complexity index is 1000. The summed E-state index contributed by atoms with van der Waals surface area (Å²) in [4.78, 5) is 25.3. The van der Waals surface area contributed by atoms with Gasteiger partial charge in [0.05, 0.1) is 0 Å². The van der Waals surface area contributed by atoms with E-state index in [1.807, 2.05) is 28.8 Å². The summed E-state index contributed by atoms with van der Waals surface area (Å²) in [7, 11) is 0. The van der Waals surface area contributed by atoms with Crippen molar-refractivity contribution in [3.05, 3.63) is 52.7 Å². The molecule has 1 N–H and O–H groups in total. The average molecular weight is 337 g/mol. The second kappa shape index (κ2) is 6.16. The van der Waals surface area contributed by atoms with Gasteiger partial charge in [-0.2, -0.15) is 0 Å². The molecule has 3 aromatic rings. The summed E-state index contributed by atoms with van der Waals surface area (Å²) >= 11 is 0. The van der Waals surface area contributed by atoms with Crippen LogP contribution in [0.5, 0.6) is 0 Å². The van der Waals surface area contributed by atoms with Crippen LogP contribution in [0.4, 0.5) is 5.95 Å². The third-order valence-electron chi connectivity index (χ3n) is 4.73. The first-order valence-corrected chi connectivity index (χ1v) is 8.48. The average Bonchev–Trinajstić information content (AvgIpc) is 3.05. The molecule has 2 aromatic heterocycles. The minimum Gasteiger partial charge on any atom is -0.303 e. The number of hydrogen-bond donors (Lipinski definition) is 1. The molecular weight excluding hydrogens is 318 g/mol. The van der Waals surface area contributed by atoms with Crippen molar-refractivity contribution in [3.63, 3.8) is 0 Å². The maximum atomic E-state index is 12.7. The molecule has 0 saturated carbocycles. The Hall–Kier alpha value is -2.96. The number of anilines is 1. The van der Waals surface area contributed by atoms with Gasteiger partial charge in [0, 0.05) is 24.5 Å². The van der Waals surface area contributed by atoms with E-state index in [9.17, 15) is 9.59 Å². The van der Waals surface area contributed by atoms with Crippen molar-refractivity contribution in [1.29, 1.82) is 0 Å². The first-order chi connectivity index (χ1) is 12.1. The monoisotopic (exact) mass is 337 g/mol. The lowest BCUT2D eigenvalue weighted by atomic mass is 10.1. The van der Waals surface area contributed by atoms with Crippen LogP contribution >= 0.6 is 0 Å². The summed E-state index contributed by atoms with van der Waals surface area (Å²) < 4.78 is 3.39. The van der Waals surface area contributed by atoms with Gasteiger partial charge in [0.15, 0.2) is 0 Å². The maximum absolute atomic E-state index is 12.7. The highest BCUT2D eigenvalue weighted by atomic mass is 16.2. The number of nitrogens with one attached hydrogen (secondary N) is 1. The zero-order valence-corrected chi connectivity index (χ0v) is 14.0. The van der Waals surface area contributed by atoms with E-state index in [0.717, 1.165) is 37.0 Å². The zero-order valence-electron chi connectivity index (χ0n) is 14.0. The van der Waals surface area contributed by atoms with Crippen LogP contribution in [0.3, 0.4) is 0 Å². The molecule has 25 heavy (non-hydrogen) atoms. The largest absolute Gasteiger partial charge is 0.303 e. The van der Waals surface area contributed by atoms with Crippen molar-refractivity contribution in [1.82, 2.24) is 19.3 Å². The minimum absolute atomic E-state index is 0.177. The van der Waals surface area contributed by atoms with Crippen molar-refractivity contribution < 1.29 is 4.79 Å². The topological polar surface area (TPSA) is 81.8 Å². The van der Waals surface area contributed by atoms with Crippen LogP contribution in [0, 0.1) is 0 Å². The molecule has 1 amide bonds. The number of pyridine rings is 1. The Balaban J connectivity index is 1.62. The number of aromatic nitrogens is 4. The minimum atomic E-state index is -0.645. The fourth-order valence-electron chi connectivity index (χ4n) is 3.25. The van der Waals surface area contributed by atoms with Gasteiger partial charge in [0.2, 0.25) is 11.9 Å². The summed E-state index contributed by atoms with van der Waals surface area (Å²) in [5.41, 5.74) is -0.177. The second-order valence-corrected chi connectivity index (χ2v) is 6.33. The first kappa shape index (κ1) is 15.6. The molecule has 1 aliphatic rings. The van der Waals surface area contributed by atoms with Crippen molar-refractivity contribution in [2.24, 2.45) is 0 Å². The molecule has 7 nitrogen and oxygen atoms in total. The lowest BCUT2D eigenvalue weighted by molar-refractivity contribution is -0.118. The first-order valence-electron chi connectivity index (χ1n) is 8.48. The highest BCUT2D eigenvalue weighted by Gasteiger charge is 2.21. The van der Waals surface area contributed by atoms with Crippen molar-refractivity contribution in [2.75, 3.05) is 5.32 Å². The number of amides is 1. The number of rotatable bonds is 3. The Morgan fingerprint density at radius 3 is 2.92 bits per heavy atom. The van der Waals surface area contributed by atoms with E-state index >= 15 is 0 Å². The molecule has 1 aromatic carbocycles. The van der Waals surface area contributed by atoms with Gasteiger partial charge in [-0.3, -0.25) is 19.5 Å². The van der Waals surface area contributed by atoms with E-state index in [4.69, 9.17) is 0 Å².